The Morgan fingerprint density at radius 3 is 2.45 bits per heavy atom. The zero-order valence-corrected chi connectivity index (χ0v) is 23.1. The van der Waals surface area contributed by atoms with Gasteiger partial charge in [-0.3, -0.25) is 9.59 Å². The zero-order chi connectivity index (χ0) is 27.1. The van der Waals surface area contributed by atoms with E-state index in [0.717, 1.165) is 74.2 Å². The quantitative estimate of drug-likeness (QED) is 0.254. The summed E-state index contributed by atoms with van der Waals surface area (Å²) in [6.45, 7) is 7.57. The molecular weight excluding hydrogens is 476 g/mol. The van der Waals surface area contributed by atoms with Gasteiger partial charge in [0, 0.05) is 31.3 Å². The second-order valence-electron chi connectivity index (χ2n) is 10.7. The van der Waals surface area contributed by atoms with Gasteiger partial charge in [0.05, 0.1) is 0 Å². The third-order valence-corrected chi connectivity index (χ3v) is 7.13. The van der Waals surface area contributed by atoms with E-state index in [1.165, 1.54) is 18.1 Å². The van der Waals surface area contributed by atoms with E-state index in [0.29, 0.717) is 17.7 Å². The van der Waals surface area contributed by atoms with Gasteiger partial charge in [0.1, 0.15) is 17.6 Å². The lowest BCUT2D eigenvalue weighted by Gasteiger charge is -2.30. The van der Waals surface area contributed by atoms with Gasteiger partial charge in [0.15, 0.2) is 0 Å². The first-order chi connectivity index (χ1) is 18.3. The summed E-state index contributed by atoms with van der Waals surface area (Å²) in [6.07, 6.45) is 17.4. The summed E-state index contributed by atoms with van der Waals surface area (Å²) in [5.41, 5.74) is 5.87. The van der Waals surface area contributed by atoms with Gasteiger partial charge in [-0.05, 0) is 119 Å². The van der Waals surface area contributed by atoms with Gasteiger partial charge in [-0.1, -0.05) is 17.7 Å². The van der Waals surface area contributed by atoms with Gasteiger partial charge in [0.25, 0.3) is 5.91 Å². The normalized spacial score (nSPS) is 18.4. The number of ether oxygens (including phenoxy) is 2. The Bertz CT molecular complexity index is 1210. The van der Waals surface area contributed by atoms with Crippen molar-refractivity contribution in [2.24, 2.45) is 0 Å². The molecule has 202 valence electrons. The van der Waals surface area contributed by atoms with Crippen LogP contribution in [0.4, 0.5) is 0 Å². The molecule has 4 rings (SSSR count). The summed E-state index contributed by atoms with van der Waals surface area (Å²) in [5.74, 6) is 0.919. The number of allylic oxidation sites excluding steroid dienone is 8. The Morgan fingerprint density at radius 2 is 1.74 bits per heavy atom. The lowest BCUT2D eigenvalue weighted by molar-refractivity contribution is -0.131. The molecule has 0 radical (unpaired) electrons. The van der Waals surface area contributed by atoms with Crippen molar-refractivity contribution >= 4 is 11.9 Å². The van der Waals surface area contributed by atoms with Crippen LogP contribution >= 0.6 is 0 Å². The lowest BCUT2D eigenvalue weighted by atomic mass is 9.90. The number of nitrogens with zero attached hydrogens (tertiary/aromatic N) is 1. The van der Waals surface area contributed by atoms with Gasteiger partial charge in [-0.2, -0.15) is 0 Å². The molecule has 0 atom stereocenters. The first kappa shape index (κ1) is 27.6. The molecule has 1 aliphatic heterocycles. The SMILES string of the molecule is CC(=O)Oc1ccc(C(=O)NC2=CCCC(C3=CC(OC4CCN(C)CC4)=CCC3)=C2)cc1CC=C(C)C. The van der Waals surface area contributed by atoms with Crippen molar-refractivity contribution in [3.63, 3.8) is 0 Å². The van der Waals surface area contributed by atoms with Crippen molar-refractivity contribution in [2.75, 3.05) is 20.1 Å². The number of likely N-dealkylation sites (tertiary alicyclic amines) is 1. The Hall–Kier alpha value is -3.38. The predicted molar refractivity (Wildman–Crippen MR) is 151 cm³/mol. The number of piperidine rings is 1. The molecule has 0 saturated carbocycles. The van der Waals surface area contributed by atoms with E-state index in [9.17, 15) is 9.59 Å². The molecule has 0 unspecified atom stereocenters. The van der Waals surface area contributed by atoms with Crippen molar-refractivity contribution in [2.45, 2.75) is 71.8 Å². The average Bonchev–Trinajstić information content (AvgIpc) is 2.89. The number of hydrogen-bond donors (Lipinski definition) is 1. The first-order valence-electron chi connectivity index (χ1n) is 13.7. The van der Waals surface area contributed by atoms with E-state index in [2.05, 4.69) is 47.6 Å². The van der Waals surface area contributed by atoms with Crippen molar-refractivity contribution < 1.29 is 19.1 Å². The van der Waals surface area contributed by atoms with Crippen LogP contribution in [0.2, 0.25) is 0 Å². The summed E-state index contributed by atoms with van der Waals surface area (Å²) in [6, 6.07) is 5.21. The maximum absolute atomic E-state index is 13.2. The van der Waals surface area contributed by atoms with Gasteiger partial charge in [0.2, 0.25) is 0 Å². The molecule has 3 aliphatic rings. The maximum atomic E-state index is 13.2. The van der Waals surface area contributed by atoms with Crippen molar-refractivity contribution in [3.8, 4) is 5.75 Å². The van der Waals surface area contributed by atoms with Crippen LogP contribution in [0.3, 0.4) is 0 Å². The van der Waals surface area contributed by atoms with Crippen LogP contribution in [0.25, 0.3) is 0 Å². The van der Waals surface area contributed by atoms with E-state index < -0.39 is 0 Å². The molecule has 6 heteroatoms. The third-order valence-electron chi connectivity index (χ3n) is 7.13. The van der Waals surface area contributed by atoms with E-state index in [1.807, 2.05) is 19.9 Å². The van der Waals surface area contributed by atoms with Gasteiger partial charge in [-0.25, -0.2) is 0 Å². The smallest absolute Gasteiger partial charge is 0.308 e. The third kappa shape index (κ3) is 7.81. The largest absolute Gasteiger partial charge is 0.491 e. The Morgan fingerprint density at radius 1 is 1.03 bits per heavy atom. The molecule has 38 heavy (non-hydrogen) atoms. The van der Waals surface area contributed by atoms with Crippen molar-refractivity contribution in [1.82, 2.24) is 10.2 Å². The highest BCUT2D eigenvalue weighted by Crippen LogP contribution is 2.31. The Kier molecular flexibility index (Phi) is 9.40. The minimum absolute atomic E-state index is 0.176. The summed E-state index contributed by atoms with van der Waals surface area (Å²) < 4.78 is 11.7. The maximum Gasteiger partial charge on any atom is 0.308 e. The number of rotatable bonds is 8. The van der Waals surface area contributed by atoms with Crippen molar-refractivity contribution in [1.29, 1.82) is 0 Å². The highest BCUT2D eigenvalue weighted by atomic mass is 16.5. The van der Waals surface area contributed by atoms with E-state index in [-0.39, 0.29) is 18.0 Å². The number of amides is 1. The number of benzene rings is 1. The fourth-order valence-corrected chi connectivity index (χ4v) is 5.00. The fraction of sp³-hybridized carbons (Fsp3) is 0.438. The average molecular weight is 517 g/mol. The highest BCUT2D eigenvalue weighted by Gasteiger charge is 2.21. The molecule has 0 spiro atoms. The zero-order valence-electron chi connectivity index (χ0n) is 23.1. The van der Waals surface area contributed by atoms with Crippen LogP contribution in [0.15, 0.2) is 76.8 Å². The van der Waals surface area contributed by atoms with Gasteiger partial charge >= 0.3 is 5.97 Å². The molecule has 1 amide bonds. The summed E-state index contributed by atoms with van der Waals surface area (Å²) in [5, 5.41) is 3.08. The molecule has 0 aromatic heterocycles. The number of nitrogens with one attached hydrogen (secondary N) is 1. The molecule has 1 aromatic rings. The van der Waals surface area contributed by atoms with E-state index in [4.69, 9.17) is 9.47 Å². The van der Waals surface area contributed by atoms with Gasteiger partial charge < -0.3 is 19.7 Å². The fourth-order valence-electron chi connectivity index (χ4n) is 5.00. The lowest BCUT2D eigenvalue weighted by Crippen LogP contribution is -2.34. The second-order valence-corrected chi connectivity index (χ2v) is 10.7. The minimum Gasteiger partial charge on any atom is -0.491 e. The Balaban J connectivity index is 1.44. The monoisotopic (exact) mass is 516 g/mol. The van der Waals surface area contributed by atoms with E-state index >= 15 is 0 Å². The predicted octanol–water partition coefficient (Wildman–Crippen LogP) is 6.17. The summed E-state index contributed by atoms with van der Waals surface area (Å²) in [7, 11) is 2.16. The minimum atomic E-state index is -0.377. The molecule has 1 saturated heterocycles. The molecule has 1 aromatic carbocycles. The number of hydrogen-bond acceptors (Lipinski definition) is 5. The van der Waals surface area contributed by atoms with Gasteiger partial charge in [-0.15, -0.1) is 0 Å². The molecule has 2 aliphatic carbocycles. The number of carbonyl (C=O) groups excluding carboxylic acids is 2. The first-order valence-corrected chi connectivity index (χ1v) is 13.7. The standard InChI is InChI=1S/C32H40N2O4/c1-22(2)11-12-26-19-27(13-14-31(26)37-23(3)35)32(36)33-28-9-5-7-24(20-28)25-8-6-10-30(21-25)38-29-15-17-34(4)18-16-29/h9-11,13-14,19-21,29H,5-8,12,15-18H2,1-4H3,(H,33,36). The molecule has 1 fully saturated rings. The molecular formula is C32H40N2O4. The van der Waals surface area contributed by atoms with E-state index in [1.54, 1.807) is 12.1 Å². The van der Waals surface area contributed by atoms with Crippen LogP contribution in [0.5, 0.6) is 5.75 Å². The van der Waals surface area contributed by atoms with Crippen LogP contribution in [-0.2, 0) is 16.0 Å². The summed E-state index contributed by atoms with van der Waals surface area (Å²) >= 11 is 0. The number of esters is 1. The summed E-state index contributed by atoms with van der Waals surface area (Å²) in [4.78, 5) is 27.0. The van der Waals surface area contributed by atoms with Crippen LogP contribution in [0, 0.1) is 0 Å². The molecule has 1 N–H and O–H groups in total. The highest BCUT2D eigenvalue weighted by molar-refractivity contribution is 5.96. The molecule has 1 heterocycles. The second kappa shape index (κ2) is 12.9. The Labute approximate surface area is 226 Å². The molecule has 6 nitrogen and oxygen atoms in total. The van der Waals surface area contributed by atoms with Crippen LogP contribution < -0.4 is 10.1 Å². The molecule has 0 bridgehead atoms. The van der Waals surface area contributed by atoms with Crippen LogP contribution in [0.1, 0.15) is 75.2 Å². The number of carbonyl (C=O) groups is 2. The van der Waals surface area contributed by atoms with Crippen LogP contribution in [-0.4, -0.2) is 43.0 Å². The van der Waals surface area contributed by atoms with Crippen molar-refractivity contribution in [3.05, 3.63) is 87.9 Å². The topological polar surface area (TPSA) is 67.9 Å².